The average molecular weight is 436 g/mol. The van der Waals surface area contributed by atoms with Crippen LogP contribution in [0.3, 0.4) is 0 Å². The number of rotatable bonds is 4. The Labute approximate surface area is 155 Å². The minimum absolute atomic E-state index is 0.0232. The molecule has 0 saturated heterocycles. The van der Waals surface area contributed by atoms with Crippen LogP contribution in [0.15, 0.2) is 23.1 Å². The topological polar surface area (TPSA) is 64.0 Å². The fraction of sp³-hybridized carbons (Fsp3) is 0.357. The molecule has 0 atom stereocenters. The summed E-state index contributed by atoms with van der Waals surface area (Å²) in [6, 6.07) is 0.838. The van der Waals surface area contributed by atoms with E-state index in [0.29, 0.717) is 12.1 Å². The van der Waals surface area contributed by atoms with Gasteiger partial charge in [0.2, 0.25) is 10.0 Å². The second kappa shape index (κ2) is 6.99. The quantitative estimate of drug-likeness (QED) is 0.741. The summed E-state index contributed by atoms with van der Waals surface area (Å²) in [7, 11) is -2.95. The number of hydrogen-bond donors (Lipinski definition) is 1. The van der Waals surface area contributed by atoms with E-state index in [-0.39, 0.29) is 16.9 Å². The second-order valence-corrected chi connectivity index (χ2v) is 7.63. The summed E-state index contributed by atoms with van der Waals surface area (Å²) < 4.78 is 105. The smallest absolute Gasteiger partial charge is 0.255 e. The lowest BCUT2D eigenvalue weighted by Crippen LogP contribution is -2.24. The zero-order valence-corrected chi connectivity index (χ0v) is 15.3. The molecule has 1 heterocycles. The number of hydrogen-bond acceptors (Lipinski definition) is 3. The Hall–Kier alpha value is -1.79. The Morgan fingerprint density at radius 2 is 1.56 bits per heavy atom. The van der Waals surface area contributed by atoms with E-state index in [1.54, 1.807) is 0 Å². The van der Waals surface area contributed by atoms with E-state index in [4.69, 9.17) is 11.6 Å². The second-order valence-electron chi connectivity index (χ2n) is 5.57. The van der Waals surface area contributed by atoms with Crippen molar-refractivity contribution in [2.75, 3.05) is 0 Å². The normalized spacial score (nSPS) is 13.2. The van der Waals surface area contributed by atoms with Crippen molar-refractivity contribution in [2.45, 2.75) is 30.7 Å². The molecule has 1 aromatic heterocycles. The van der Waals surface area contributed by atoms with E-state index < -0.39 is 50.5 Å². The number of nitrogens with zero attached hydrogens (tertiary/aromatic N) is 2. The number of halogens is 7. The van der Waals surface area contributed by atoms with E-state index >= 15 is 0 Å². The largest absolute Gasteiger partial charge is 0.416 e. The third kappa shape index (κ3) is 4.74. The highest BCUT2D eigenvalue weighted by atomic mass is 35.5. The van der Waals surface area contributed by atoms with E-state index in [2.05, 4.69) is 5.10 Å². The molecule has 150 valence electrons. The molecule has 5 nitrogen and oxygen atoms in total. The van der Waals surface area contributed by atoms with Gasteiger partial charge in [-0.15, -0.1) is 0 Å². The van der Waals surface area contributed by atoms with Crippen LogP contribution in [0.2, 0.25) is 5.15 Å². The van der Waals surface area contributed by atoms with Gasteiger partial charge in [0.05, 0.1) is 16.8 Å². The lowest BCUT2D eigenvalue weighted by atomic mass is 10.0. The van der Waals surface area contributed by atoms with E-state index in [9.17, 15) is 34.8 Å². The van der Waals surface area contributed by atoms with Crippen molar-refractivity contribution in [3.8, 4) is 0 Å². The minimum atomic E-state index is -5.03. The molecule has 2 aromatic rings. The summed E-state index contributed by atoms with van der Waals surface area (Å²) in [4.78, 5) is -0.408. The molecule has 0 aliphatic heterocycles. The zero-order valence-electron chi connectivity index (χ0n) is 13.7. The van der Waals surface area contributed by atoms with Crippen LogP contribution in [0.1, 0.15) is 22.4 Å². The molecule has 0 aliphatic rings. The summed E-state index contributed by atoms with van der Waals surface area (Å²) in [6.07, 6.45) is -10.1. The molecule has 2 rings (SSSR count). The third-order valence-electron chi connectivity index (χ3n) is 3.48. The van der Waals surface area contributed by atoms with Crippen LogP contribution >= 0.6 is 11.6 Å². The first-order valence-corrected chi connectivity index (χ1v) is 8.96. The van der Waals surface area contributed by atoms with Gasteiger partial charge in [-0.3, -0.25) is 4.68 Å². The summed E-state index contributed by atoms with van der Waals surface area (Å²) in [5, 5.41) is 3.54. The predicted octanol–water partition coefficient (Wildman–Crippen LogP) is 3.90. The fourth-order valence-corrected chi connectivity index (χ4v) is 4.05. The first kappa shape index (κ1) is 21.5. The molecule has 0 saturated carbocycles. The Morgan fingerprint density at radius 1 is 1.07 bits per heavy atom. The first-order chi connectivity index (χ1) is 12.1. The monoisotopic (exact) mass is 435 g/mol. The number of aromatic nitrogens is 2. The minimum Gasteiger partial charge on any atom is -0.255 e. The Kier molecular flexibility index (Phi) is 5.56. The van der Waals surface area contributed by atoms with Crippen LogP contribution in [0.4, 0.5) is 26.3 Å². The van der Waals surface area contributed by atoms with Crippen molar-refractivity contribution in [3.05, 3.63) is 45.7 Å². The van der Waals surface area contributed by atoms with Gasteiger partial charge in [0.15, 0.2) is 0 Å². The number of nitrogens with one attached hydrogen (secondary N) is 1. The molecule has 0 bridgehead atoms. The number of aryl methyl sites for hydroxylation is 2. The Bertz CT molecular complexity index is 934. The number of sulfonamides is 1. The van der Waals surface area contributed by atoms with Gasteiger partial charge in [-0.25, -0.2) is 13.1 Å². The van der Waals surface area contributed by atoms with Gasteiger partial charge in [-0.1, -0.05) is 11.6 Å². The molecule has 0 spiro atoms. The molecule has 0 fully saturated rings. The van der Waals surface area contributed by atoms with Crippen LogP contribution in [0, 0.1) is 6.92 Å². The molecular formula is C14H12ClF6N3O2S. The number of benzene rings is 1. The standard InChI is InChI=1S/C14H12ClF6N3O2S/c1-7-11(12(15)24(2)23-7)27(25,26)22-6-8-3-9(13(16,17)18)5-10(4-8)14(19,20)21/h3-5,22H,6H2,1-2H3. The Morgan fingerprint density at radius 3 is 1.93 bits per heavy atom. The van der Waals surface area contributed by atoms with Gasteiger partial charge in [-0.05, 0) is 30.7 Å². The Balaban J connectivity index is 2.40. The zero-order chi connectivity index (χ0) is 20.8. The van der Waals surface area contributed by atoms with Crippen LogP contribution in [0.5, 0.6) is 0 Å². The highest BCUT2D eigenvalue weighted by molar-refractivity contribution is 7.89. The molecule has 0 radical (unpaired) electrons. The summed E-state index contributed by atoms with van der Waals surface area (Å²) >= 11 is 5.83. The first-order valence-electron chi connectivity index (χ1n) is 7.10. The van der Waals surface area contributed by atoms with Crippen LogP contribution in [-0.4, -0.2) is 18.2 Å². The van der Waals surface area contributed by atoms with Gasteiger partial charge in [0.25, 0.3) is 0 Å². The van der Waals surface area contributed by atoms with Crippen molar-refractivity contribution >= 4 is 21.6 Å². The van der Waals surface area contributed by atoms with E-state index in [1.165, 1.54) is 14.0 Å². The average Bonchev–Trinajstić information content (AvgIpc) is 2.76. The van der Waals surface area contributed by atoms with E-state index in [0.717, 1.165) is 4.68 Å². The van der Waals surface area contributed by atoms with Crippen molar-refractivity contribution in [2.24, 2.45) is 7.05 Å². The molecule has 27 heavy (non-hydrogen) atoms. The van der Waals surface area contributed by atoms with Crippen LogP contribution in [-0.2, 0) is 36.0 Å². The van der Waals surface area contributed by atoms with Gasteiger partial charge in [-0.2, -0.15) is 31.4 Å². The fourth-order valence-electron chi connectivity index (χ4n) is 2.29. The maximum Gasteiger partial charge on any atom is 0.416 e. The van der Waals surface area contributed by atoms with Crippen molar-refractivity contribution in [3.63, 3.8) is 0 Å². The lowest BCUT2D eigenvalue weighted by molar-refractivity contribution is -0.143. The third-order valence-corrected chi connectivity index (χ3v) is 5.58. The van der Waals surface area contributed by atoms with Crippen molar-refractivity contribution in [1.29, 1.82) is 0 Å². The molecule has 1 aromatic carbocycles. The van der Waals surface area contributed by atoms with Crippen molar-refractivity contribution < 1.29 is 34.8 Å². The number of alkyl halides is 6. The SMILES string of the molecule is Cc1nn(C)c(Cl)c1S(=O)(=O)NCc1cc(C(F)(F)F)cc(C(F)(F)F)c1. The molecule has 0 amide bonds. The van der Waals surface area contributed by atoms with Crippen LogP contribution < -0.4 is 4.72 Å². The summed E-state index contributed by atoms with van der Waals surface area (Å²) in [6.45, 7) is 0.534. The molecule has 0 aliphatic carbocycles. The lowest BCUT2D eigenvalue weighted by Gasteiger charge is -2.14. The molecule has 1 N–H and O–H groups in total. The van der Waals surface area contributed by atoms with Gasteiger partial charge < -0.3 is 0 Å². The maximum absolute atomic E-state index is 12.8. The van der Waals surface area contributed by atoms with Gasteiger partial charge in [0.1, 0.15) is 10.0 Å². The highest BCUT2D eigenvalue weighted by Crippen LogP contribution is 2.36. The predicted molar refractivity (Wildman–Crippen MR) is 83.4 cm³/mol. The van der Waals surface area contributed by atoms with Crippen molar-refractivity contribution in [1.82, 2.24) is 14.5 Å². The van der Waals surface area contributed by atoms with Crippen LogP contribution in [0.25, 0.3) is 0 Å². The molecule has 13 heteroatoms. The summed E-state index contributed by atoms with van der Waals surface area (Å²) in [5.74, 6) is 0. The highest BCUT2D eigenvalue weighted by Gasteiger charge is 2.37. The summed E-state index contributed by atoms with van der Waals surface area (Å²) in [5.41, 5.74) is -3.57. The maximum atomic E-state index is 12.8. The van der Waals surface area contributed by atoms with E-state index in [1.807, 2.05) is 4.72 Å². The van der Waals surface area contributed by atoms with Gasteiger partial charge in [0, 0.05) is 13.6 Å². The molecule has 0 unspecified atom stereocenters. The van der Waals surface area contributed by atoms with Gasteiger partial charge >= 0.3 is 12.4 Å². The molecular weight excluding hydrogens is 424 g/mol.